The molecule has 0 radical (unpaired) electrons. The smallest absolute Gasteiger partial charge is 0.132 e. The highest BCUT2D eigenvalue weighted by Crippen LogP contribution is 2.31. The Bertz CT molecular complexity index is 332. The number of Topliss-reactive ketones (excluding diaryl/α,β-unsaturated/α-hetero) is 1. The number of hydrogen-bond donors (Lipinski definition) is 1. The van der Waals surface area contributed by atoms with Gasteiger partial charge in [0.1, 0.15) is 5.78 Å². The lowest BCUT2D eigenvalue weighted by Crippen LogP contribution is -2.12. The molecule has 80 valence electrons. The Morgan fingerprint density at radius 1 is 1.13 bits per heavy atom. The summed E-state index contributed by atoms with van der Waals surface area (Å²) in [6.45, 7) is 0.601. The zero-order chi connectivity index (χ0) is 10.7. The van der Waals surface area contributed by atoms with Crippen LogP contribution in [0.5, 0.6) is 0 Å². The molecule has 0 saturated heterocycles. The van der Waals surface area contributed by atoms with E-state index in [0.717, 1.165) is 25.7 Å². The monoisotopic (exact) mass is 203 g/mol. The van der Waals surface area contributed by atoms with Crippen molar-refractivity contribution < 1.29 is 4.79 Å². The first-order valence-electron chi connectivity index (χ1n) is 5.60. The van der Waals surface area contributed by atoms with Crippen molar-refractivity contribution in [2.75, 3.05) is 0 Å². The van der Waals surface area contributed by atoms with Crippen LogP contribution in [-0.2, 0) is 11.3 Å². The number of carbonyl (C=O) groups excluding carboxylic acids is 1. The van der Waals surface area contributed by atoms with Gasteiger partial charge in [0.2, 0.25) is 0 Å². The van der Waals surface area contributed by atoms with Crippen molar-refractivity contribution in [3.05, 3.63) is 35.4 Å². The molecule has 1 aromatic rings. The second-order valence-corrected chi connectivity index (χ2v) is 4.26. The van der Waals surface area contributed by atoms with E-state index in [1.54, 1.807) is 0 Å². The van der Waals surface area contributed by atoms with Crippen LogP contribution in [0.1, 0.15) is 42.7 Å². The van der Waals surface area contributed by atoms with E-state index in [0.29, 0.717) is 18.2 Å². The van der Waals surface area contributed by atoms with Crippen molar-refractivity contribution in [1.29, 1.82) is 0 Å². The molecule has 1 aromatic carbocycles. The van der Waals surface area contributed by atoms with Crippen LogP contribution in [0.25, 0.3) is 0 Å². The van der Waals surface area contributed by atoms with Gasteiger partial charge >= 0.3 is 0 Å². The van der Waals surface area contributed by atoms with Crippen LogP contribution >= 0.6 is 0 Å². The predicted octanol–water partition coefficient (Wildman–Crippen LogP) is 2.37. The van der Waals surface area contributed by atoms with Crippen molar-refractivity contribution in [3.8, 4) is 0 Å². The van der Waals surface area contributed by atoms with Gasteiger partial charge in [0.15, 0.2) is 0 Å². The van der Waals surface area contributed by atoms with E-state index in [-0.39, 0.29) is 0 Å². The van der Waals surface area contributed by atoms with Crippen molar-refractivity contribution in [2.24, 2.45) is 5.73 Å². The Balaban J connectivity index is 2.06. The van der Waals surface area contributed by atoms with E-state index in [1.807, 2.05) is 0 Å². The summed E-state index contributed by atoms with van der Waals surface area (Å²) in [5, 5.41) is 0. The summed E-state index contributed by atoms with van der Waals surface area (Å²) < 4.78 is 0. The van der Waals surface area contributed by atoms with E-state index in [2.05, 4.69) is 24.3 Å². The number of ketones is 1. The molecule has 15 heavy (non-hydrogen) atoms. The van der Waals surface area contributed by atoms with Crippen molar-refractivity contribution in [3.63, 3.8) is 0 Å². The summed E-state index contributed by atoms with van der Waals surface area (Å²) >= 11 is 0. The number of nitrogens with two attached hydrogens (primary N) is 1. The molecule has 1 saturated carbocycles. The molecule has 0 unspecified atom stereocenters. The van der Waals surface area contributed by atoms with Crippen LogP contribution in [0, 0.1) is 0 Å². The predicted molar refractivity (Wildman–Crippen MR) is 60.5 cm³/mol. The van der Waals surface area contributed by atoms with Crippen molar-refractivity contribution in [2.45, 2.75) is 38.1 Å². The van der Waals surface area contributed by atoms with Gasteiger partial charge < -0.3 is 5.73 Å². The molecule has 2 N–H and O–H groups in total. The molecule has 0 aromatic heterocycles. The average Bonchev–Trinajstić information content (AvgIpc) is 2.30. The standard InChI is InChI=1S/C13H17NO/c14-9-10-1-3-11(4-2-10)12-5-7-13(15)8-6-12/h1-4,12H,5-9,14H2. The first kappa shape index (κ1) is 10.4. The third kappa shape index (κ3) is 2.45. The molecule has 0 atom stereocenters. The van der Waals surface area contributed by atoms with Crippen LogP contribution < -0.4 is 5.73 Å². The van der Waals surface area contributed by atoms with E-state index in [1.165, 1.54) is 11.1 Å². The summed E-state index contributed by atoms with van der Waals surface area (Å²) in [5.74, 6) is 0.999. The van der Waals surface area contributed by atoms with Crippen LogP contribution in [0.15, 0.2) is 24.3 Å². The minimum absolute atomic E-state index is 0.421. The molecule has 1 aliphatic rings. The second-order valence-electron chi connectivity index (χ2n) is 4.26. The fourth-order valence-corrected chi connectivity index (χ4v) is 2.20. The number of rotatable bonds is 2. The van der Waals surface area contributed by atoms with Crippen molar-refractivity contribution in [1.82, 2.24) is 0 Å². The van der Waals surface area contributed by atoms with Gasteiger partial charge in [-0.05, 0) is 29.9 Å². The molecule has 0 aliphatic heterocycles. The van der Waals surface area contributed by atoms with Crippen LogP contribution in [0.3, 0.4) is 0 Å². The zero-order valence-electron chi connectivity index (χ0n) is 8.91. The van der Waals surface area contributed by atoms with Gasteiger partial charge in [0, 0.05) is 19.4 Å². The van der Waals surface area contributed by atoms with Gasteiger partial charge in [-0.1, -0.05) is 24.3 Å². The lowest BCUT2D eigenvalue weighted by molar-refractivity contribution is -0.120. The maximum Gasteiger partial charge on any atom is 0.132 e. The molecular formula is C13H17NO. The van der Waals surface area contributed by atoms with E-state index in [9.17, 15) is 4.79 Å². The molecule has 1 aliphatic carbocycles. The first-order chi connectivity index (χ1) is 7.29. The minimum atomic E-state index is 0.421. The lowest BCUT2D eigenvalue weighted by Gasteiger charge is -2.21. The van der Waals surface area contributed by atoms with Gasteiger partial charge in [0.05, 0.1) is 0 Å². The molecule has 0 amide bonds. The number of hydrogen-bond acceptors (Lipinski definition) is 2. The van der Waals surface area contributed by atoms with Crippen LogP contribution in [0.4, 0.5) is 0 Å². The number of carbonyl (C=O) groups is 1. The van der Waals surface area contributed by atoms with Crippen LogP contribution in [0.2, 0.25) is 0 Å². The zero-order valence-corrected chi connectivity index (χ0v) is 8.91. The summed E-state index contributed by atoms with van der Waals surface area (Å²) in [6, 6.07) is 8.49. The Morgan fingerprint density at radius 2 is 1.73 bits per heavy atom. The highest BCUT2D eigenvalue weighted by atomic mass is 16.1. The lowest BCUT2D eigenvalue weighted by atomic mass is 9.83. The van der Waals surface area contributed by atoms with E-state index >= 15 is 0 Å². The van der Waals surface area contributed by atoms with Gasteiger partial charge in [-0.2, -0.15) is 0 Å². The van der Waals surface area contributed by atoms with Gasteiger partial charge in [-0.3, -0.25) is 4.79 Å². The van der Waals surface area contributed by atoms with Gasteiger partial charge in [-0.25, -0.2) is 0 Å². The summed E-state index contributed by atoms with van der Waals surface area (Å²) in [4.78, 5) is 11.1. The van der Waals surface area contributed by atoms with Crippen molar-refractivity contribution >= 4 is 5.78 Å². The quantitative estimate of drug-likeness (QED) is 0.801. The van der Waals surface area contributed by atoms with E-state index < -0.39 is 0 Å². The molecule has 2 rings (SSSR count). The maximum atomic E-state index is 11.1. The Hall–Kier alpha value is -1.15. The van der Waals surface area contributed by atoms with Crippen LogP contribution in [-0.4, -0.2) is 5.78 Å². The second kappa shape index (κ2) is 4.58. The molecule has 0 spiro atoms. The van der Waals surface area contributed by atoms with E-state index in [4.69, 9.17) is 5.73 Å². The normalized spacial score (nSPS) is 18.1. The molecule has 2 nitrogen and oxygen atoms in total. The topological polar surface area (TPSA) is 43.1 Å². The minimum Gasteiger partial charge on any atom is -0.326 e. The summed E-state index contributed by atoms with van der Waals surface area (Å²) in [7, 11) is 0. The SMILES string of the molecule is NCc1ccc(C2CCC(=O)CC2)cc1. The highest BCUT2D eigenvalue weighted by Gasteiger charge is 2.19. The molecule has 0 bridgehead atoms. The summed E-state index contributed by atoms with van der Waals surface area (Å²) in [5.41, 5.74) is 8.08. The van der Waals surface area contributed by atoms with Gasteiger partial charge in [0.25, 0.3) is 0 Å². The fourth-order valence-electron chi connectivity index (χ4n) is 2.20. The molecule has 0 heterocycles. The molecule has 1 fully saturated rings. The van der Waals surface area contributed by atoms with Gasteiger partial charge in [-0.15, -0.1) is 0 Å². The molecular weight excluding hydrogens is 186 g/mol. The molecule has 2 heteroatoms. The fraction of sp³-hybridized carbons (Fsp3) is 0.462. The maximum absolute atomic E-state index is 11.1. The Kier molecular flexibility index (Phi) is 3.17. The largest absolute Gasteiger partial charge is 0.326 e. The first-order valence-corrected chi connectivity index (χ1v) is 5.60. The average molecular weight is 203 g/mol. The third-order valence-corrected chi connectivity index (χ3v) is 3.23. The Morgan fingerprint density at radius 3 is 2.27 bits per heavy atom. The summed E-state index contributed by atoms with van der Waals surface area (Å²) in [6.07, 6.45) is 3.54. The highest BCUT2D eigenvalue weighted by molar-refractivity contribution is 5.79. The third-order valence-electron chi connectivity index (χ3n) is 3.23. The number of benzene rings is 1. The Labute approximate surface area is 90.5 Å².